The van der Waals surface area contributed by atoms with Gasteiger partial charge in [-0.2, -0.15) is 0 Å². The summed E-state index contributed by atoms with van der Waals surface area (Å²) >= 11 is 5.64. The maximum atomic E-state index is 12.0. The van der Waals surface area contributed by atoms with E-state index in [1.807, 2.05) is 0 Å². The Hall–Kier alpha value is -2.22. The molecule has 23 heavy (non-hydrogen) atoms. The molecule has 0 unspecified atom stereocenters. The van der Waals surface area contributed by atoms with E-state index in [2.05, 4.69) is 12.2 Å². The van der Waals surface area contributed by atoms with Gasteiger partial charge in [0.15, 0.2) is 5.02 Å². The van der Waals surface area contributed by atoms with Crippen molar-refractivity contribution in [3.05, 3.63) is 42.9 Å². The molecule has 0 fully saturated rings. The highest BCUT2D eigenvalue weighted by Gasteiger charge is 2.27. The first-order chi connectivity index (χ1) is 10.9. The molecule has 8 nitrogen and oxygen atoms in total. The number of nitro benzene ring substituents is 2. The van der Waals surface area contributed by atoms with Crippen molar-refractivity contribution in [3.63, 3.8) is 0 Å². The van der Waals surface area contributed by atoms with Crippen LogP contribution in [0.5, 0.6) is 0 Å². The molecule has 0 aliphatic carbocycles. The van der Waals surface area contributed by atoms with E-state index < -0.39 is 32.2 Å². The van der Waals surface area contributed by atoms with Gasteiger partial charge in [0.05, 0.1) is 15.4 Å². The molecule has 1 rings (SSSR count). The van der Waals surface area contributed by atoms with Crippen molar-refractivity contribution in [2.45, 2.75) is 39.0 Å². The quantitative estimate of drug-likeness (QED) is 0.415. The predicted octanol–water partition coefficient (Wildman–Crippen LogP) is 3.86. The van der Waals surface area contributed by atoms with Gasteiger partial charge in [-0.25, -0.2) is 0 Å². The Morgan fingerprint density at radius 3 is 2.09 bits per heavy atom. The minimum absolute atomic E-state index is 0.152. The van der Waals surface area contributed by atoms with Crippen LogP contribution < -0.4 is 5.32 Å². The summed E-state index contributed by atoms with van der Waals surface area (Å²) in [6.07, 6.45) is 5.07. The lowest BCUT2D eigenvalue weighted by Crippen LogP contribution is -2.24. The number of rotatable bonds is 9. The van der Waals surface area contributed by atoms with Gasteiger partial charge in [0.25, 0.3) is 17.3 Å². The lowest BCUT2D eigenvalue weighted by atomic mass is 10.1. The lowest BCUT2D eigenvalue weighted by Gasteiger charge is -2.06. The fourth-order valence-corrected chi connectivity index (χ4v) is 2.27. The Bertz CT molecular complexity index is 571. The van der Waals surface area contributed by atoms with Crippen molar-refractivity contribution in [2.75, 3.05) is 6.54 Å². The molecule has 1 aromatic rings. The second-order valence-corrected chi connectivity index (χ2v) is 5.39. The highest BCUT2D eigenvalue weighted by atomic mass is 35.5. The molecule has 0 radical (unpaired) electrons. The summed E-state index contributed by atoms with van der Waals surface area (Å²) in [5.74, 6) is -0.594. The Balaban J connectivity index is 2.80. The molecule has 0 aliphatic heterocycles. The van der Waals surface area contributed by atoms with Gasteiger partial charge in [-0.1, -0.05) is 44.2 Å². The molecule has 0 saturated carbocycles. The normalized spacial score (nSPS) is 10.3. The zero-order valence-electron chi connectivity index (χ0n) is 12.7. The van der Waals surface area contributed by atoms with Crippen LogP contribution in [0.2, 0.25) is 5.02 Å². The molecular formula is C14H18ClN3O5. The number of carbonyl (C=O) groups is 1. The van der Waals surface area contributed by atoms with Crippen molar-refractivity contribution in [3.8, 4) is 0 Å². The van der Waals surface area contributed by atoms with Crippen LogP contribution in [-0.4, -0.2) is 22.3 Å². The third kappa shape index (κ3) is 5.48. The molecule has 0 aliphatic rings. The van der Waals surface area contributed by atoms with Crippen LogP contribution in [-0.2, 0) is 0 Å². The molecule has 1 amide bonds. The largest absolute Gasteiger partial charge is 0.352 e. The van der Waals surface area contributed by atoms with E-state index in [0.29, 0.717) is 6.54 Å². The highest BCUT2D eigenvalue weighted by molar-refractivity contribution is 6.35. The zero-order chi connectivity index (χ0) is 17.4. The average molecular weight is 344 g/mol. The third-order valence-corrected chi connectivity index (χ3v) is 3.64. The molecule has 0 spiro atoms. The molecule has 0 aromatic heterocycles. The van der Waals surface area contributed by atoms with E-state index in [9.17, 15) is 25.0 Å². The second kappa shape index (κ2) is 9.04. The highest BCUT2D eigenvalue weighted by Crippen LogP contribution is 2.34. The summed E-state index contributed by atoms with van der Waals surface area (Å²) in [6, 6.07) is 1.89. The van der Waals surface area contributed by atoms with Crippen LogP contribution in [0.1, 0.15) is 49.4 Å². The first-order valence-electron chi connectivity index (χ1n) is 7.29. The smallest absolute Gasteiger partial charge is 0.295 e. The first-order valence-corrected chi connectivity index (χ1v) is 7.66. The van der Waals surface area contributed by atoms with Crippen molar-refractivity contribution >= 4 is 28.9 Å². The number of hydrogen-bond acceptors (Lipinski definition) is 5. The average Bonchev–Trinajstić information content (AvgIpc) is 2.50. The summed E-state index contributed by atoms with van der Waals surface area (Å²) in [5, 5.41) is 23.8. The van der Waals surface area contributed by atoms with Crippen molar-refractivity contribution in [2.24, 2.45) is 0 Å². The van der Waals surface area contributed by atoms with E-state index in [4.69, 9.17) is 11.6 Å². The van der Waals surface area contributed by atoms with Gasteiger partial charge in [0.2, 0.25) is 0 Å². The van der Waals surface area contributed by atoms with Gasteiger partial charge in [0.1, 0.15) is 0 Å². The molecule has 0 bridgehead atoms. The number of unbranched alkanes of at least 4 members (excludes halogenated alkanes) is 4. The summed E-state index contributed by atoms with van der Waals surface area (Å²) < 4.78 is 0. The molecule has 1 N–H and O–H groups in total. The number of hydrogen-bond donors (Lipinski definition) is 1. The third-order valence-electron chi connectivity index (χ3n) is 3.26. The fourth-order valence-electron chi connectivity index (χ4n) is 2.02. The van der Waals surface area contributed by atoms with Gasteiger partial charge in [-0.3, -0.25) is 25.0 Å². The van der Waals surface area contributed by atoms with Crippen LogP contribution in [0.25, 0.3) is 0 Å². The van der Waals surface area contributed by atoms with Crippen molar-refractivity contribution in [1.82, 2.24) is 5.32 Å². The van der Waals surface area contributed by atoms with E-state index in [1.54, 1.807) is 0 Å². The summed E-state index contributed by atoms with van der Waals surface area (Å²) in [7, 11) is 0. The number of halogens is 1. The van der Waals surface area contributed by atoms with Crippen LogP contribution >= 0.6 is 11.6 Å². The summed E-state index contributed by atoms with van der Waals surface area (Å²) in [6.45, 7) is 2.51. The number of benzene rings is 1. The zero-order valence-corrected chi connectivity index (χ0v) is 13.5. The van der Waals surface area contributed by atoms with E-state index in [-0.39, 0.29) is 5.56 Å². The van der Waals surface area contributed by atoms with E-state index in [1.165, 1.54) is 0 Å². The number of amides is 1. The van der Waals surface area contributed by atoms with E-state index >= 15 is 0 Å². The van der Waals surface area contributed by atoms with Crippen LogP contribution in [0, 0.1) is 20.2 Å². The number of carbonyl (C=O) groups excluding carboxylic acids is 1. The minimum Gasteiger partial charge on any atom is -0.352 e. The SMILES string of the molecule is CCCCCCCNC(=O)c1cc([N+](=O)[O-])c(Cl)c([N+](=O)[O-])c1. The predicted molar refractivity (Wildman–Crippen MR) is 85.9 cm³/mol. The molecule has 0 heterocycles. The van der Waals surface area contributed by atoms with Crippen LogP contribution in [0.15, 0.2) is 12.1 Å². The van der Waals surface area contributed by atoms with Crippen molar-refractivity contribution < 1.29 is 14.6 Å². The Morgan fingerprint density at radius 2 is 1.61 bits per heavy atom. The fraction of sp³-hybridized carbons (Fsp3) is 0.500. The second-order valence-electron chi connectivity index (χ2n) is 5.01. The van der Waals surface area contributed by atoms with Crippen LogP contribution in [0.4, 0.5) is 11.4 Å². The topological polar surface area (TPSA) is 115 Å². The molecule has 0 saturated heterocycles. The lowest BCUT2D eigenvalue weighted by molar-refractivity contribution is -0.393. The van der Waals surface area contributed by atoms with Gasteiger partial charge in [0, 0.05) is 18.7 Å². The molecular weight excluding hydrogens is 326 g/mol. The molecule has 0 atom stereocenters. The maximum Gasteiger partial charge on any atom is 0.295 e. The Kier molecular flexibility index (Phi) is 7.40. The monoisotopic (exact) mass is 343 g/mol. The molecule has 9 heteroatoms. The number of nitro groups is 2. The van der Waals surface area contributed by atoms with Gasteiger partial charge >= 0.3 is 0 Å². The first kappa shape index (κ1) is 18.8. The Morgan fingerprint density at radius 1 is 1.09 bits per heavy atom. The van der Waals surface area contributed by atoms with Gasteiger partial charge < -0.3 is 5.32 Å². The maximum absolute atomic E-state index is 12.0. The summed E-state index contributed by atoms with van der Waals surface area (Å²) in [5.41, 5.74) is -1.47. The minimum atomic E-state index is -0.850. The van der Waals surface area contributed by atoms with E-state index in [0.717, 1.165) is 44.2 Å². The summed E-state index contributed by atoms with van der Waals surface area (Å²) in [4.78, 5) is 32.1. The van der Waals surface area contributed by atoms with Gasteiger partial charge in [-0.15, -0.1) is 0 Å². The number of nitrogens with one attached hydrogen (secondary N) is 1. The molecule has 1 aromatic carbocycles. The molecule has 126 valence electrons. The Labute approximate surface area is 138 Å². The van der Waals surface area contributed by atoms with Gasteiger partial charge in [-0.05, 0) is 6.42 Å². The van der Waals surface area contributed by atoms with Crippen LogP contribution in [0.3, 0.4) is 0 Å². The standard InChI is InChI=1S/C14H18ClN3O5/c1-2-3-4-5-6-7-16-14(19)10-8-11(17(20)21)13(15)12(9-10)18(22)23/h8-9H,2-7H2,1H3,(H,16,19). The van der Waals surface area contributed by atoms with Crippen molar-refractivity contribution in [1.29, 1.82) is 0 Å². The number of nitrogens with zero attached hydrogens (tertiary/aromatic N) is 2.